The van der Waals surface area contributed by atoms with Gasteiger partial charge >= 0.3 is 5.97 Å². The Balaban J connectivity index is 1.89. The van der Waals surface area contributed by atoms with Gasteiger partial charge < -0.3 is 14.6 Å². The first kappa shape index (κ1) is 22.8. The fourth-order valence-electron chi connectivity index (χ4n) is 3.19. The Morgan fingerprint density at radius 3 is 2.61 bits per heavy atom. The number of carboxylic acid groups (broad SMARTS) is 1. The highest BCUT2D eigenvalue weighted by Crippen LogP contribution is 2.38. The Bertz CT molecular complexity index is 1050. The van der Waals surface area contributed by atoms with Crippen molar-refractivity contribution in [3.8, 4) is 11.5 Å². The number of nitrogens with zero attached hydrogens (tertiary/aromatic N) is 1. The molecule has 1 atom stereocenters. The number of para-hydroxylation sites is 1. The van der Waals surface area contributed by atoms with Crippen LogP contribution in [0.3, 0.4) is 0 Å². The number of anilines is 1. The van der Waals surface area contributed by atoms with E-state index in [0.717, 1.165) is 23.2 Å². The second kappa shape index (κ2) is 9.98. The highest BCUT2D eigenvalue weighted by molar-refractivity contribution is 8.27. The molecule has 162 valence electrons. The maximum absolute atomic E-state index is 13.1. The molecular weight excluding hydrogens is 434 g/mol. The first-order valence-corrected chi connectivity index (χ1v) is 11.0. The predicted molar refractivity (Wildman–Crippen MR) is 127 cm³/mol. The summed E-state index contributed by atoms with van der Waals surface area (Å²) in [7, 11) is 1.48. The van der Waals surface area contributed by atoms with Crippen molar-refractivity contribution in [1.29, 1.82) is 0 Å². The number of thioether (sulfide) groups is 1. The van der Waals surface area contributed by atoms with Gasteiger partial charge in [0.15, 0.2) is 21.9 Å². The van der Waals surface area contributed by atoms with Crippen molar-refractivity contribution >= 4 is 51.9 Å². The van der Waals surface area contributed by atoms with E-state index in [1.165, 1.54) is 18.9 Å². The zero-order chi connectivity index (χ0) is 22.5. The molecule has 0 radical (unpaired) electrons. The summed E-state index contributed by atoms with van der Waals surface area (Å²) in [4.78, 5) is 26.4. The molecule has 0 bridgehead atoms. The Kier molecular flexibility index (Phi) is 7.35. The molecule has 2 aromatic rings. The standard InChI is InChI=1S/C23H23NO5S2/c1-4-15-8-6-7-9-16(15)24-21(25)20(31-23(24)30)13-14-10-11-18(19(12-14)28-3)29-17(5-2)22(26)27/h6-13,17H,4-5H2,1-3H3,(H,26,27)/b20-13+. The summed E-state index contributed by atoms with van der Waals surface area (Å²) in [6.45, 7) is 3.77. The second-order valence-corrected chi connectivity index (χ2v) is 8.44. The average Bonchev–Trinajstić information content (AvgIpc) is 3.04. The van der Waals surface area contributed by atoms with Gasteiger partial charge in [0.1, 0.15) is 0 Å². The number of aryl methyl sites for hydroxylation is 1. The van der Waals surface area contributed by atoms with Crippen molar-refractivity contribution < 1.29 is 24.2 Å². The molecule has 6 nitrogen and oxygen atoms in total. The fourth-order valence-corrected chi connectivity index (χ4v) is 4.47. The van der Waals surface area contributed by atoms with Gasteiger partial charge in [0.05, 0.1) is 17.7 Å². The number of rotatable bonds is 8. The highest BCUT2D eigenvalue weighted by Gasteiger charge is 2.34. The highest BCUT2D eigenvalue weighted by atomic mass is 32.2. The molecule has 1 aliphatic heterocycles. The van der Waals surface area contributed by atoms with E-state index in [4.69, 9.17) is 21.7 Å². The lowest BCUT2D eigenvalue weighted by molar-refractivity contribution is -0.145. The lowest BCUT2D eigenvalue weighted by Gasteiger charge is -2.18. The number of carbonyl (C=O) groups excluding carboxylic acids is 1. The number of amides is 1. The Morgan fingerprint density at radius 1 is 1.23 bits per heavy atom. The number of hydrogen-bond donors (Lipinski definition) is 1. The lowest BCUT2D eigenvalue weighted by atomic mass is 10.1. The van der Waals surface area contributed by atoms with Gasteiger partial charge in [-0.1, -0.05) is 62.1 Å². The van der Waals surface area contributed by atoms with Gasteiger partial charge in [0.25, 0.3) is 5.91 Å². The van der Waals surface area contributed by atoms with Crippen LogP contribution < -0.4 is 14.4 Å². The molecule has 1 amide bonds. The third kappa shape index (κ3) is 4.91. The van der Waals surface area contributed by atoms with E-state index in [1.54, 1.807) is 36.1 Å². The van der Waals surface area contributed by atoms with E-state index in [1.807, 2.05) is 31.2 Å². The number of hydrogen-bond acceptors (Lipinski definition) is 6. The van der Waals surface area contributed by atoms with Crippen molar-refractivity contribution in [2.45, 2.75) is 32.8 Å². The summed E-state index contributed by atoms with van der Waals surface area (Å²) < 4.78 is 11.4. The minimum Gasteiger partial charge on any atom is -0.493 e. The molecule has 0 saturated carbocycles. The maximum Gasteiger partial charge on any atom is 0.344 e. The summed E-state index contributed by atoms with van der Waals surface area (Å²) in [6.07, 6.45) is 1.89. The van der Waals surface area contributed by atoms with Crippen molar-refractivity contribution in [1.82, 2.24) is 0 Å². The molecule has 1 unspecified atom stereocenters. The zero-order valence-electron chi connectivity index (χ0n) is 17.5. The Hall–Kier alpha value is -2.84. The van der Waals surface area contributed by atoms with Gasteiger partial charge in [0.2, 0.25) is 0 Å². The molecule has 0 aromatic heterocycles. The van der Waals surface area contributed by atoms with Crippen LogP contribution >= 0.6 is 24.0 Å². The van der Waals surface area contributed by atoms with Crippen LogP contribution in [0.2, 0.25) is 0 Å². The smallest absolute Gasteiger partial charge is 0.344 e. The lowest BCUT2D eigenvalue weighted by Crippen LogP contribution is -2.28. The van der Waals surface area contributed by atoms with E-state index in [-0.39, 0.29) is 5.91 Å². The SMILES string of the molecule is CCc1ccccc1N1C(=O)/C(=C\c2ccc(OC(CC)C(=O)O)c(OC)c2)SC1=S. The van der Waals surface area contributed by atoms with Crippen molar-refractivity contribution in [2.75, 3.05) is 12.0 Å². The molecule has 8 heteroatoms. The number of methoxy groups -OCH3 is 1. The fraction of sp³-hybridized carbons (Fsp3) is 0.261. The van der Waals surface area contributed by atoms with E-state index < -0.39 is 12.1 Å². The Morgan fingerprint density at radius 2 is 1.97 bits per heavy atom. The third-order valence-electron chi connectivity index (χ3n) is 4.81. The van der Waals surface area contributed by atoms with Gasteiger partial charge in [-0.05, 0) is 48.2 Å². The van der Waals surface area contributed by atoms with Crippen molar-refractivity contribution in [3.63, 3.8) is 0 Å². The molecule has 2 aromatic carbocycles. The molecule has 3 rings (SSSR count). The van der Waals surface area contributed by atoms with Gasteiger partial charge in [-0.3, -0.25) is 9.69 Å². The molecule has 0 spiro atoms. The summed E-state index contributed by atoms with van der Waals surface area (Å²) in [5, 5.41) is 9.22. The first-order valence-electron chi connectivity index (χ1n) is 9.82. The molecule has 1 aliphatic rings. The summed E-state index contributed by atoms with van der Waals surface area (Å²) >= 11 is 6.73. The quantitative estimate of drug-likeness (QED) is 0.446. The first-order chi connectivity index (χ1) is 14.9. The minimum atomic E-state index is -1.04. The van der Waals surface area contributed by atoms with E-state index in [2.05, 4.69) is 0 Å². The Labute approximate surface area is 190 Å². The molecule has 1 saturated heterocycles. The number of thiocarbonyl (C=S) groups is 1. The normalized spacial score (nSPS) is 16.0. The zero-order valence-corrected chi connectivity index (χ0v) is 19.1. The number of carboxylic acids is 1. The van der Waals surface area contributed by atoms with Crippen LogP contribution in [0.5, 0.6) is 11.5 Å². The van der Waals surface area contributed by atoms with Crippen LogP contribution in [0, 0.1) is 0 Å². The topological polar surface area (TPSA) is 76.1 Å². The van der Waals surface area contributed by atoms with Crippen LogP contribution in [0.25, 0.3) is 6.08 Å². The summed E-state index contributed by atoms with van der Waals surface area (Å²) in [5.41, 5.74) is 2.57. The van der Waals surface area contributed by atoms with Gasteiger partial charge in [0, 0.05) is 0 Å². The predicted octanol–water partition coefficient (Wildman–Crippen LogP) is 4.91. The van der Waals surface area contributed by atoms with Gasteiger partial charge in [-0.15, -0.1) is 0 Å². The van der Waals surface area contributed by atoms with Crippen LogP contribution in [0.4, 0.5) is 5.69 Å². The molecule has 31 heavy (non-hydrogen) atoms. The van der Waals surface area contributed by atoms with E-state index >= 15 is 0 Å². The van der Waals surface area contributed by atoms with E-state index in [0.29, 0.717) is 27.1 Å². The second-order valence-electron chi connectivity index (χ2n) is 6.76. The average molecular weight is 458 g/mol. The minimum absolute atomic E-state index is 0.174. The van der Waals surface area contributed by atoms with Gasteiger partial charge in [-0.25, -0.2) is 4.79 Å². The monoisotopic (exact) mass is 457 g/mol. The molecule has 1 fully saturated rings. The summed E-state index contributed by atoms with van der Waals surface area (Å²) in [6, 6.07) is 12.8. The van der Waals surface area contributed by atoms with Crippen LogP contribution in [-0.2, 0) is 16.0 Å². The van der Waals surface area contributed by atoms with E-state index in [9.17, 15) is 14.7 Å². The molecule has 0 aliphatic carbocycles. The number of ether oxygens (including phenoxy) is 2. The van der Waals surface area contributed by atoms with Crippen LogP contribution in [0.15, 0.2) is 47.4 Å². The summed E-state index contributed by atoms with van der Waals surface area (Å²) in [5.74, 6) is -0.490. The molecular formula is C23H23NO5S2. The molecule has 1 heterocycles. The third-order valence-corrected chi connectivity index (χ3v) is 6.11. The largest absolute Gasteiger partial charge is 0.493 e. The number of aliphatic carboxylic acids is 1. The van der Waals surface area contributed by atoms with Crippen LogP contribution in [0.1, 0.15) is 31.4 Å². The van der Waals surface area contributed by atoms with Gasteiger partial charge in [-0.2, -0.15) is 0 Å². The van der Waals surface area contributed by atoms with Crippen LogP contribution in [-0.4, -0.2) is 34.5 Å². The van der Waals surface area contributed by atoms with Crippen molar-refractivity contribution in [3.05, 3.63) is 58.5 Å². The number of benzene rings is 2. The maximum atomic E-state index is 13.1. The van der Waals surface area contributed by atoms with Crippen molar-refractivity contribution in [2.24, 2.45) is 0 Å². The molecule has 1 N–H and O–H groups in total. The number of carbonyl (C=O) groups is 2.